The standard InChI is InChI=1S/C25H25N3O2S/c29-23(26-19-8-4-9-20(16-19)28-13-5-10-24(28)30)17-27-14-11-22-21(12-15-31-22)25(27)18-6-2-1-3-7-18/h1-4,6-9,12,15-16,25H,5,10-11,13-14,17H2,(H,26,29). The van der Waals surface area contributed by atoms with Gasteiger partial charge in [-0.1, -0.05) is 36.4 Å². The molecule has 0 radical (unpaired) electrons. The summed E-state index contributed by atoms with van der Waals surface area (Å²) in [6, 6.07) is 20.3. The van der Waals surface area contributed by atoms with E-state index in [1.807, 2.05) is 30.3 Å². The highest BCUT2D eigenvalue weighted by Gasteiger charge is 2.30. The van der Waals surface area contributed by atoms with Gasteiger partial charge in [0, 0.05) is 35.8 Å². The van der Waals surface area contributed by atoms with Crippen LogP contribution in [-0.2, 0) is 16.0 Å². The SMILES string of the molecule is O=C(CN1CCc2sccc2C1c1ccccc1)Nc1cccc(N2CCCC2=O)c1. The first-order valence-corrected chi connectivity index (χ1v) is 11.6. The molecule has 1 N–H and O–H groups in total. The number of rotatable bonds is 5. The van der Waals surface area contributed by atoms with Crippen molar-refractivity contribution < 1.29 is 9.59 Å². The number of anilines is 2. The minimum atomic E-state index is -0.0375. The van der Waals surface area contributed by atoms with Gasteiger partial charge in [-0.15, -0.1) is 11.3 Å². The second kappa shape index (κ2) is 8.65. The summed E-state index contributed by atoms with van der Waals surface area (Å²) >= 11 is 1.80. The molecule has 5 nitrogen and oxygen atoms in total. The summed E-state index contributed by atoms with van der Waals surface area (Å²) in [5, 5.41) is 5.19. The van der Waals surface area contributed by atoms with Crippen LogP contribution in [0.15, 0.2) is 66.0 Å². The Balaban J connectivity index is 1.32. The molecule has 1 unspecified atom stereocenters. The van der Waals surface area contributed by atoms with Crippen LogP contribution in [0.3, 0.4) is 0 Å². The van der Waals surface area contributed by atoms with Crippen molar-refractivity contribution >= 4 is 34.5 Å². The van der Waals surface area contributed by atoms with Crippen LogP contribution in [0.1, 0.15) is 34.9 Å². The molecular formula is C25H25N3O2S. The summed E-state index contributed by atoms with van der Waals surface area (Å²) in [4.78, 5) is 30.5. The van der Waals surface area contributed by atoms with E-state index in [-0.39, 0.29) is 17.9 Å². The monoisotopic (exact) mass is 431 g/mol. The van der Waals surface area contributed by atoms with Crippen LogP contribution in [0, 0.1) is 0 Å². The van der Waals surface area contributed by atoms with Crippen molar-refractivity contribution in [2.75, 3.05) is 29.9 Å². The van der Waals surface area contributed by atoms with Crippen molar-refractivity contribution in [1.29, 1.82) is 0 Å². The predicted molar refractivity (Wildman–Crippen MR) is 125 cm³/mol. The molecule has 31 heavy (non-hydrogen) atoms. The highest BCUT2D eigenvalue weighted by molar-refractivity contribution is 7.10. The van der Waals surface area contributed by atoms with Gasteiger partial charge in [-0.3, -0.25) is 14.5 Å². The third kappa shape index (κ3) is 4.13. The van der Waals surface area contributed by atoms with Gasteiger partial charge in [-0.2, -0.15) is 0 Å². The topological polar surface area (TPSA) is 52.7 Å². The number of hydrogen-bond acceptors (Lipinski definition) is 4. The number of carbonyl (C=O) groups excluding carboxylic acids is 2. The van der Waals surface area contributed by atoms with Crippen LogP contribution >= 0.6 is 11.3 Å². The first-order valence-electron chi connectivity index (χ1n) is 10.7. The van der Waals surface area contributed by atoms with E-state index >= 15 is 0 Å². The van der Waals surface area contributed by atoms with Crippen LogP contribution < -0.4 is 10.2 Å². The first-order chi connectivity index (χ1) is 15.2. The molecule has 2 amide bonds. The molecule has 6 heteroatoms. The van der Waals surface area contributed by atoms with Crippen molar-refractivity contribution in [2.24, 2.45) is 0 Å². The normalized spacial score (nSPS) is 18.8. The Morgan fingerprint density at radius 2 is 1.90 bits per heavy atom. The second-order valence-corrected chi connectivity index (χ2v) is 9.08. The summed E-state index contributed by atoms with van der Waals surface area (Å²) in [7, 11) is 0. The van der Waals surface area contributed by atoms with Crippen molar-refractivity contribution in [3.63, 3.8) is 0 Å². The Bertz CT molecular complexity index is 1090. The van der Waals surface area contributed by atoms with Crippen molar-refractivity contribution in [3.8, 4) is 0 Å². The number of hydrogen-bond donors (Lipinski definition) is 1. The molecule has 3 heterocycles. The Morgan fingerprint density at radius 1 is 1.03 bits per heavy atom. The zero-order valence-electron chi connectivity index (χ0n) is 17.3. The lowest BCUT2D eigenvalue weighted by atomic mass is 9.93. The van der Waals surface area contributed by atoms with Gasteiger partial charge in [-0.25, -0.2) is 0 Å². The van der Waals surface area contributed by atoms with Crippen LogP contribution in [-0.4, -0.2) is 36.3 Å². The second-order valence-electron chi connectivity index (χ2n) is 8.08. The molecular weight excluding hydrogens is 406 g/mol. The number of thiophene rings is 1. The van der Waals surface area contributed by atoms with Crippen LogP contribution in [0.4, 0.5) is 11.4 Å². The van der Waals surface area contributed by atoms with E-state index in [2.05, 4.69) is 45.9 Å². The summed E-state index contributed by atoms with van der Waals surface area (Å²) < 4.78 is 0. The van der Waals surface area contributed by atoms with Crippen molar-refractivity contribution in [3.05, 3.63) is 82.0 Å². The lowest BCUT2D eigenvalue weighted by Gasteiger charge is -2.35. The van der Waals surface area contributed by atoms with Gasteiger partial charge in [0.05, 0.1) is 12.6 Å². The maximum absolute atomic E-state index is 13.0. The molecule has 2 aliphatic rings. The molecule has 1 fully saturated rings. The Morgan fingerprint density at radius 3 is 2.71 bits per heavy atom. The lowest BCUT2D eigenvalue weighted by molar-refractivity contribution is -0.118. The summed E-state index contributed by atoms with van der Waals surface area (Å²) in [6.07, 6.45) is 2.45. The Labute approximate surface area is 186 Å². The molecule has 2 aliphatic heterocycles. The largest absolute Gasteiger partial charge is 0.325 e. The average molecular weight is 432 g/mol. The zero-order chi connectivity index (χ0) is 21.2. The van der Waals surface area contributed by atoms with E-state index in [9.17, 15) is 9.59 Å². The quantitative estimate of drug-likeness (QED) is 0.649. The maximum Gasteiger partial charge on any atom is 0.238 e. The number of nitrogens with one attached hydrogen (secondary N) is 1. The minimum absolute atomic E-state index is 0.0375. The fourth-order valence-electron chi connectivity index (χ4n) is 4.62. The average Bonchev–Trinajstić information content (AvgIpc) is 3.43. The Hall–Kier alpha value is -2.96. The van der Waals surface area contributed by atoms with Gasteiger partial charge < -0.3 is 10.2 Å². The van der Waals surface area contributed by atoms with Gasteiger partial charge in [0.2, 0.25) is 11.8 Å². The molecule has 1 aromatic heterocycles. The zero-order valence-corrected chi connectivity index (χ0v) is 18.1. The molecule has 3 aromatic rings. The fourth-order valence-corrected chi connectivity index (χ4v) is 5.53. The lowest BCUT2D eigenvalue weighted by Crippen LogP contribution is -2.40. The summed E-state index contributed by atoms with van der Waals surface area (Å²) in [5.74, 6) is 0.110. The molecule has 0 saturated carbocycles. The minimum Gasteiger partial charge on any atom is -0.325 e. The molecule has 158 valence electrons. The fraction of sp³-hybridized carbons (Fsp3) is 0.280. The number of carbonyl (C=O) groups is 2. The predicted octanol–water partition coefficient (Wildman–Crippen LogP) is 4.46. The highest BCUT2D eigenvalue weighted by Crippen LogP contribution is 2.37. The van der Waals surface area contributed by atoms with Crippen LogP contribution in [0.2, 0.25) is 0 Å². The van der Waals surface area contributed by atoms with E-state index < -0.39 is 0 Å². The molecule has 0 aliphatic carbocycles. The number of fused-ring (bicyclic) bond motifs is 1. The molecule has 1 saturated heterocycles. The van der Waals surface area contributed by atoms with Crippen molar-refractivity contribution in [1.82, 2.24) is 4.90 Å². The van der Waals surface area contributed by atoms with E-state index in [0.717, 1.165) is 37.3 Å². The third-order valence-corrected chi connectivity index (χ3v) is 7.04. The summed E-state index contributed by atoms with van der Waals surface area (Å²) in [5.41, 5.74) is 4.10. The summed E-state index contributed by atoms with van der Waals surface area (Å²) in [6.45, 7) is 1.91. The first kappa shape index (κ1) is 20.0. The van der Waals surface area contributed by atoms with Crippen LogP contribution in [0.25, 0.3) is 0 Å². The Kier molecular flexibility index (Phi) is 5.57. The molecule has 2 aromatic carbocycles. The van der Waals surface area contributed by atoms with Gasteiger partial charge in [0.25, 0.3) is 0 Å². The molecule has 0 bridgehead atoms. The smallest absolute Gasteiger partial charge is 0.238 e. The molecule has 5 rings (SSSR count). The van der Waals surface area contributed by atoms with Gasteiger partial charge in [-0.05, 0) is 53.6 Å². The van der Waals surface area contributed by atoms with E-state index in [1.165, 1.54) is 16.0 Å². The number of benzene rings is 2. The number of nitrogens with zero attached hydrogens (tertiary/aromatic N) is 2. The van der Waals surface area contributed by atoms with Crippen LogP contribution in [0.5, 0.6) is 0 Å². The number of amides is 2. The molecule has 0 spiro atoms. The van der Waals surface area contributed by atoms with Gasteiger partial charge in [0.15, 0.2) is 0 Å². The van der Waals surface area contributed by atoms with Gasteiger partial charge in [0.1, 0.15) is 0 Å². The maximum atomic E-state index is 13.0. The van der Waals surface area contributed by atoms with Crippen molar-refractivity contribution in [2.45, 2.75) is 25.3 Å². The highest BCUT2D eigenvalue weighted by atomic mass is 32.1. The van der Waals surface area contributed by atoms with Gasteiger partial charge >= 0.3 is 0 Å². The van der Waals surface area contributed by atoms with E-state index in [4.69, 9.17) is 0 Å². The molecule has 1 atom stereocenters. The van der Waals surface area contributed by atoms with E-state index in [0.29, 0.717) is 13.0 Å². The van der Waals surface area contributed by atoms with E-state index in [1.54, 1.807) is 16.2 Å². The third-order valence-electron chi connectivity index (χ3n) is 6.04.